The molecule has 0 aliphatic carbocycles. The number of pyridine rings is 1. The van der Waals surface area contributed by atoms with Crippen molar-refractivity contribution in [1.82, 2.24) is 20.3 Å². The van der Waals surface area contributed by atoms with E-state index in [0.717, 1.165) is 23.1 Å². The number of sulfonamides is 1. The van der Waals surface area contributed by atoms with Crippen LogP contribution < -0.4 is 21.1 Å². The highest BCUT2D eigenvalue weighted by Crippen LogP contribution is 2.15. The Bertz CT molecular complexity index is 1570. The monoisotopic (exact) mass is 623 g/mol. The Kier molecular flexibility index (Phi) is 12.7. The summed E-state index contributed by atoms with van der Waals surface area (Å²) >= 11 is 0. The molecule has 0 spiro atoms. The standard InChI is InChI=1S/C32H37N5O4S.ClH/c1-23(34-22-30(38)28-13-14-31(33)35-21-28)15-25-9-5-10-26(16-25)18-32(39)36-19-27-11-6-12-29(17-27)42(40,41)37-20-24-7-3-2-4-8-24;/h2-14,16-17,21,23,30,34,37-38H,15,18-20,22H2,1H3,(H2,33,35)(H,36,39);1H/t23-,30-;/m1./s1. The number of halogens is 1. The van der Waals surface area contributed by atoms with Crippen LogP contribution in [0.4, 0.5) is 5.82 Å². The quantitative estimate of drug-likeness (QED) is 0.144. The van der Waals surface area contributed by atoms with Gasteiger partial charge in [0.25, 0.3) is 0 Å². The summed E-state index contributed by atoms with van der Waals surface area (Å²) in [4.78, 5) is 16.9. The number of nitrogens with one attached hydrogen (secondary N) is 3. The summed E-state index contributed by atoms with van der Waals surface area (Å²) in [6.07, 6.45) is 1.81. The van der Waals surface area contributed by atoms with Gasteiger partial charge in [-0.3, -0.25) is 4.79 Å². The van der Waals surface area contributed by atoms with Crippen molar-refractivity contribution in [2.24, 2.45) is 0 Å². The van der Waals surface area contributed by atoms with Crippen molar-refractivity contribution in [1.29, 1.82) is 0 Å². The Balaban J connectivity index is 0.00000506. The van der Waals surface area contributed by atoms with Gasteiger partial charge in [-0.05, 0) is 53.8 Å². The summed E-state index contributed by atoms with van der Waals surface area (Å²) in [5.41, 5.74) is 9.82. The first-order chi connectivity index (χ1) is 20.2. The smallest absolute Gasteiger partial charge is 0.240 e. The van der Waals surface area contributed by atoms with Crippen molar-refractivity contribution in [3.63, 3.8) is 0 Å². The number of rotatable bonds is 14. The second kappa shape index (κ2) is 16.2. The summed E-state index contributed by atoms with van der Waals surface area (Å²) in [5, 5.41) is 16.6. The molecule has 0 saturated carbocycles. The van der Waals surface area contributed by atoms with E-state index >= 15 is 0 Å². The number of nitrogens with zero attached hydrogens (tertiary/aromatic N) is 1. The highest BCUT2D eigenvalue weighted by molar-refractivity contribution is 7.89. The maximum absolute atomic E-state index is 12.8. The van der Waals surface area contributed by atoms with Crippen LogP contribution in [0.5, 0.6) is 0 Å². The largest absolute Gasteiger partial charge is 0.387 e. The van der Waals surface area contributed by atoms with Gasteiger partial charge in [0.2, 0.25) is 15.9 Å². The molecule has 9 nitrogen and oxygen atoms in total. The van der Waals surface area contributed by atoms with Gasteiger partial charge < -0.3 is 21.5 Å². The molecule has 0 saturated heterocycles. The topological polar surface area (TPSA) is 146 Å². The third-order valence-corrected chi connectivity index (χ3v) is 8.16. The minimum atomic E-state index is -3.70. The molecule has 0 fully saturated rings. The van der Waals surface area contributed by atoms with E-state index in [4.69, 9.17) is 5.73 Å². The van der Waals surface area contributed by atoms with Crippen LogP contribution in [-0.4, -0.2) is 37.0 Å². The number of hydrogen-bond acceptors (Lipinski definition) is 7. The molecule has 0 unspecified atom stereocenters. The average Bonchev–Trinajstić information content (AvgIpc) is 2.99. The lowest BCUT2D eigenvalue weighted by Gasteiger charge is -2.18. The molecule has 0 radical (unpaired) electrons. The van der Waals surface area contributed by atoms with Crippen molar-refractivity contribution < 1.29 is 18.3 Å². The Morgan fingerprint density at radius 2 is 1.58 bits per heavy atom. The molecule has 0 bridgehead atoms. The molecule has 0 aliphatic rings. The Morgan fingerprint density at radius 1 is 0.884 bits per heavy atom. The molecule has 4 aromatic rings. The molecule has 1 amide bonds. The highest BCUT2D eigenvalue weighted by atomic mass is 35.5. The van der Waals surface area contributed by atoms with Crippen molar-refractivity contribution in [3.05, 3.63) is 125 Å². The van der Waals surface area contributed by atoms with E-state index in [0.29, 0.717) is 23.5 Å². The number of aliphatic hydroxyl groups is 1. The number of hydrogen-bond donors (Lipinski definition) is 5. The van der Waals surface area contributed by atoms with Crippen molar-refractivity contribution >= 4 is 34.2 Å². The van der Waals surface area contributed by atoms with Crippen LogP contribution in [0.1, 0.15) is 40.8 Å². The van der Waals surface area contributed by atoms with Crippen LogP contribution in [0.3, 0.4) is 0 Å². The van der Waals surface area contributed by atoms with Crippen molar-refractivity contribution in [3.8, 4) is 0 Å². The predicted octanol–water partition coefficient (Wildman–Crippen LogP) is 3.68. The lowest BCUT2D eigenvalue weighted by molar-refractivity contribution is -0.120. The van der Waals surface area contributed by atoms with Crippen molar-refractivity contribution in [2.75, 3.05) is 12.3 Å². The minimum Gasteiger partial charge on any atom is -0.387 e. The third kappa shape index (κ3) is 10.8. The zero-order chi connectivity index (χ0) is 30.0. The number of carbonyl (C=O) groups is 1. The van der Waals surface area contributed by atoms with Gasteiger partial charge in [0.05, 0.1) is 17.4 Å². The van der Waals surface area contributed by atoms with E-state index in [2.05, 4.69) is 20.3 Å². The average molecular weight is 624 g/mol. The van der Waals surface area contributed by atoms with Crippen LogP contribution >= 0.6 is 12.4 Å². The fraction of sp³-hybridized carbons (Fsp3) is 0.250. The molecule has 43 heavy (non-hydrogen) atoms. The molecule has 1 aromatic heterocycles. The van der Waals surface area contributed by atoms with Crippen molar-refractivity contribution in [2.45, 2.75) is 49.9 Å². The van der Waals surface area contributed by atoms with Crippen LogP contribution in [0.15, 0.2) is 102 Å². The minimum absolute atomic E-state index is 0. The Morgan fingerprint density at radius 3 is 2.33 bits per heavy atom. The number of amides is 1. The molecule has 1 heterocycles. The molecule has 3 aromatic carbocycles. The normalized spacial score (nSPS) is 12.6. The number of nitrogens with two attached hydrogens (primary N) is 1. The number of aromatic nitrogens is 1. The summed E-state index contributed by atoms with van der Waals surface area (Å²) in [5.74, 6) is 0.252. The number of nitrogen functional groups attached to an aromatic ring is 1. The third-order valence-electron chi connectivity index (χ3n) is 6.76. The van der Waals surface area contributed by atoms with Crippen LogP contribution in [0, 0.1) is 0 Å². The van der Waals surface area contributed by atoms with Crippen LogP contribution in [0.2, 0.25) is 0 Å². The van der Waals surface area contributed by atoms with E-state index in [9.17, 15) is 18.3 Å². The van der Waals surface area contributed by atoms with Gasteiger partial charge in [-0.2, -0.15) is 0 Å². The summed E-state index contributed by atoms with van der Waals surface area (Å²) in [7, 11) is -3.70. The number of aliphatic hydroxyl groups excluding tert-OH is 1. The second-order valence-corrected chi connectivity index (χ2v) is 12.0. The van der Waals surface area contributed by atoms with Gasteiger partial charge in [-0.15, -0.1) is 12.4 Å². The molecular formula is C32H38ClN5O4S. The molecule has 11 heteroatoms. The first kappa shape index (κ1) is 33.7. The molecule has 6 N–H and O–H groups in total. The summed E-state index contributed by atoms with van der Waals surface area (Å²) in [6, 6.07) is 27.2. The second-order valence-electron chi connectivity index (χ2n) is 10.3. The molecule has 228 valence electrons. The van der Waals surface area contributed by atoms with E-state index in [1.165, 1.54) is 6.07 Å². The number of anilines is 1. The van der Waals surface area contributed by atoms with E-state index in [1.807, 2.05) is 61.5 Å². The first-order valence-corrected chi connectivity index (χ1v) is 15.3. The molecule has 0 aliphatic heterocycles. The zero-order valence-electron chi connectivity index (χ0n) is 23.9. The lowest BCUT2D eigenvalue weighted by Crippen LogP contribution is -2.32. The fourth-order valence-corrected chi connectivity index (χ4v) is 5.55. The summed E-state index contributed by atoms with van der Waals surface area (Å²) in [6.45, 7) is 2.83. The molecule has 4 rings (SSSR count). The Labute approximate surface area is 259 Å². The Hall–Kier alpha value is -3.80. The van der Waals surface area contributed by atoms with Gasteiger partial charge in [-0.25, -0.2) is 18.1 Å². The van der Waals surface area contributed by atoms with E-state index in [1.54, 1.807) is 36.5 Å². The van der Waals surface area contributed by atoms with E-state index in [-0.39, 0.29) is 48.8 Å². The highest BCUT2D eigenvalue weighted by Gasteiger charge is 2.15. The maximum Gasteiger partial charge on any atom is 0.240 e. The van der Waals surface area contributed by atoms with Gasteiger partial charge in [0, 0.05) is 37.4 Å². The SMILES string of the molecule is C[C@H](Cc1cccc(CC(=O)NCc2cccc(S(=O)(=O)NCc3ccccc3)c2)c1)NC[C@@H](O)c1ccc(N)nc1.Cl. The maximum atomic E-state index is 12.8. The van der Waals surface area contributed by atoms with Gasteiger partial charge >= 0.3 is 0 Å². The van der Waals surface area contributed by atoms with E-state index < -0.39 is 16.1 Å². The first-order valence-electron chi connectivity index (χ1n) is 13.8. The number of carbonyl (C=O) groups excluding carboxylic acids is 1. The van der Waals surface area contributed by atoms with Gasteiger partial charge in [0.1, 0.15) is 5.82 Å². The van der Waals surface area contributed by atoms with Gasteiger partial charge in [-0.1, -0.05) is 72.8 Å². The fourth-order valence-electron chi connectivity index (χ4n) is 4.47. The lowest BCUT2D eigenvalue weighted by atomic mass is 10.0. The molecular weight excluding hydrogens is 586 g/mol. The summed E-state index contributed by atoms with van der Waals surface area (Å²) < 4.78 is 28.2. The predicted molar refractivity (Wildman–Crippen MR) is 171 cm³/mol. The van der Waals surface area contributed by atoms with Gasteiger partial charge in [0.15, 0.2) is 0 Å². The van der Waals surface area contributed by atoms with Crippen LogP contribution in [0.25, 0.3) is 0 Å². The number of benzene rings is 3. The molecule has 2 atom stereocenters. The van der Waals surface area contributed by atoms with Crippen LogP contribution in [-0.2, 0) is 40.7 Å². The zero-order valence-corrected chi connectivity index (χ0v) is 25.6.